The summed E-state index contributed by atoms with van der Waals surface area (Å²) in [4.78, 5) is 0. The van der Waals surface area contributed by atoms with E-state index >= 15 is 0 Å². The Morgan fingerprint density at radius 3 is 2.80 bits per heavy atom. The van der Waals surface area contributed by atoms with Crippen LogP contribution in [0.2, 0.25) is 0 Å². The number of nitrogens with two attached hydrogens (primary N) is 1. The second-order valence-electron chi connectivity index (χ2n) is 6.22. The van der Waals surface area contributed by atoms with Crippen molar-refractivity contribution in [1.29, 1.82) is 0 Å². The molecule has 0 radical (unpaired) electrons. The van der Waals surface area contributed by atoms with E-state index < -0.39 is 0 Å². The van der Waals surface area contributed by atoms with Gasteiger partial charge in [0.05, 0.1) is 6.10 Å². The maximum absolute atomic E-state index is 10.2. The zero-order chi connectivity index (χ0) is 13.9. The van der Waals surface area contributed by atoms with Crippen molar-refractivity contribution in [2.75, 3.05) is 0 Å². The molecule has 0 heterocycles. The summed E-state index contributed by atoms with van der Waals surface area (Å²) in [5.41, 5.74) is 8.79. The number of fused-ring (bicyclic) bond motifs is 1. The van der Waals surface area contributed by atoms with Crippen LogP contribution in [0.1, 0.15) is 62.1 Å². The fraction of sp³-hybridized carbons (Fsp3) is 0.647. The largest absolute Gasteiger partial charge is 0.488 e. The minimum Gasteiger partial charge on any atom is -0.488 e. The average molecular weight is 275 g/mol. The molecular formula is C17H25NO2. The molecule has 3 atom stereocenters. The topological polar surface area (TPSA) is 55.5 Å². The highest BCUT2D eigenvalue weighted by Crippen LogP contribution is 2.32. The number of ether oxygens (including phenoxy) is 1. The van der Waals surface area contributed by atoms with Gasteiger partial charge in [0, 0.05) is 6.04 Å². The predicted molar refractivity (Wildman–Crippen MR) is 79.8 cm³/mol. The van der Waals surface area contributed by atoms with Crippen molar-refractivity contribution in [3.05, 3.63) is 29.3 Å². The lowest BCUT2D eigenvalue weighted by molar-refractivity contribution is 0.0319. The summed E-state index contributed by atoms with van der Waals surface area (Å²) in [6.45, 7) is 0. The van der Waals surface area contributed by atoms with Gasteiger partial charge in [-0.05, 0) is 61.8 Å². The molecule has 0 amide bonds. The van der Waals surface area contributed by atoms with Crippen molar-refractivity contribution in [3.8, 4) is 5.75 Å². The van der Waals surface area contributed by atoms with Gasteiger partial charge in [-0.15, -0.1) is 0 Å². The molecule has 2 aliphatic rings. The molecule has 20 heavy (non-hydrogen) atoms. The van der Waals surface area contributed by atoms with Gasteiger partial charge in [-0.3, -0.25) is 0 Å². The Labute approximate surface area is 121 Å². The molecule has 1 saturated carbocycles. The first kappa shape index (κ1) is 13.9. The standard InChI is InChI=1S/C17H25NO2/c18-15-6-4-5-12-9-10-13(11-14(12)15)20-17-8-3-1-2-7-16(17)19/h9-11,15-17,19H,1-8,18H2/t15-,16?,17?/m1/s1. The number of hydrogen-bond acceptors (Lipinski definition) is 3. The quantitative estimate of drug-likeness (QED) is 0.815. The number of aliphatic hydroxyl groups excluding tert-OH is 1. The minimum atomic E-state index is -0.331. The van der Waals surface area contributed by atoms with E-state index in [1.54, 1.807) is 0 Å². The second kappa shape index (κ2) is 6.15. The fourth-order valence-corrected chi connectivity index (χ4v) is 3.45. The first-order chi connectivity index (χ1) is 9.74. The molecule has 2 aliphatic carbocycles. The maximum Gasteiger partial charge on any atom is 0.124 e. The van der Waals surface area contributed by atoms with Crippen LogP contribution in [0.15, 0.2) is 18.2 Å². The Balaban J connectivity index is 1.75. The number of benzene rings is 1. The van der Waals surface area contributed by atoms with E-state index in [1.165, 1.54) is 24.0 Å². The SMILES string of the molecule is N[C@@H]1CCCc2ccc(OC3CCCCCC3O)cc21. The molecular weight excluding hydrogens is 250 g/mol. The van der Waals surface area contributed by atoms with E-state index in [0.29, 0.717) is 0 Å². The lowest BCUT2D eigenvalue weighted by Gasteiger charge is -2.25. The molecule has 1 aromatic rings. The first-order valence-corrected chi connectivity index (χ1v) is 7.97. The van der Waals surface area contributed by atoms with E-state index in [2.05, 4.69) is 12.1 Å². The molecule has 0 bridgehead atoms. The highest BCUT2D eigenvalue weighted by atomic mass is 16.5. The minimum absolute atomic E-state index is 0.0598. The number of aryl methyl sites for hydroxylation is 1. The van der Waals surface area contributed by atoms with Crippen molar-refractivity contribution in [2.24, 2.45) is 5.73 Å². The van der Waals surface area contributed by atoms with Gasteiger partial charge in [0.15, 0.2) is 0 Å². The van der Waals surface area contributed by atoms with Gasteiger partial charge in [0.25, 0.3) is 0 Å². The molecule has 3 N–H and O–H groups in total. The van der Waals surface area contributed by atoms with Gasteiger partial charge < -0.3 is 15.6 Å². The van der Waals surface area contributed by atoms with Gasteiger partial charge in [-0.2, -0.15) is 0 Å². The molecule has 3 nitrogen and oxygen atoms in total. The van der Waals surface area contributed by atoms with Crippen LogP contribution >= 0.6 is 0 Å². The highest BCUT2D eigenvalue weighted by molar-refractivity contribution is 5.39. The van der Waals surface area contributed by atoms with Crippen LogP contribution in [0, 0.1) is 0 Å². The van der Waals surface area contributed by atoms with E-state index in [4.69, 9.17) is 10.5 Å². The Hall–Kier alpha value is -1.06. The third-order valence-electron chi connectivity index (χ3n) is 4.68. The molecule has 2 unspecified atom stereocenters. The summed E-state index contributed by atoms with van der Waals surface area (Å²) in [7, 11) is 0. The maximum atomic E-state index is 10.2. The van der Waals surface area contributed by atoms with E-state index in [1.807, 2.05) is 6.07 Å². The molecule has 110 valence electrons. The molecule has 3 heteroatoms. The molecule has 1 fully saturated rings. The Bertz CT molecular complexity index is 460. The molecule has 0 aromatic heterocycles. The van der Waals surface area contributed by atoms with Crippen LogP contribution in [0.5, 0.6) is 5.75 Å². The fourth-order valence-electron chi connectivity index (χ4n) is 3.45. The van der Waals surface area contributed by atoms with Crippen molar-refractivity contribution < 1.29 is 9.84 Å². The Morgan fingerprint density at radius 2 is 1.90 bits per heavy atom. The summed E-state index contributed by atoms with van der Waals surface area (Å²) >= 11 is 0. The van der Waals surface area contributed by atoms with Crippen LogP contribution in [0.4, 0.5) is 0 Å². The number of rotatable bonds is 2. The first-order valence-electron chi connectivity index (χ1n) is 7.97. The highest BCUT2D eigenvalue weighted by Gasteiger charge is 2.24. The average Bonchev–Trinajstić information content (AvgIpc) is 2.65. The van der Waals surface area contributed by atoms with E-state index in [0.717, 1.165) is 44.3 Å². The predicted octanol–water partition coefficient (Wildman–Crippen LogP) is 3.10. The van der Waals surface area contributed by atoms with Gasteiger partial charge in [-0.25, -0.2) is 0 Å². The van der Waals surface area contributed by atoms with E-state index in [9.17, 15) is 5.11 Å². The van der Waals surface area contributed by atoms with Crippen molar-refractivity contribution in [1.82, 2.24) is 0 Å². The number of aliphatic hydroxyl groups is 1. The normalized spacial score (nSPS) is 30.4. The van der Waals surface area contributed by atoms with Crippen LogP contribution < -0.4 is 10.5 Å². The number of hydrogen-bond donors (Lipinski definition) is 2. The smallest absolute Gasteiger partial charge is 0.124 e. The monoisotopic (exact) mass is 275 g/mol. The van der Waals surface area contributed by atoms with Crippen molar-refractivity contribution in [2.45, 2.75) is 69.6 Å². The summed E-state index contributed by atoms with van der Waals surface area (Å²) in [6, 6.07) is 6.42. The van der Waals surface area contributed by atoms with Crippen molar-refractivity contribution in [3.63, 3.8) is 0 Å². The van der Waals surface area contributed by atoms with Gasteiger partial charge in [-0.1, -0.05) is 18.9 Å². The van der Waals surface area contributed by atoms with Crippen LogP contribution in [-0.4, -0.2) is 17.3 Å². The van der Waals surface area contributed by atoms with Gasteiger partial charge >= 0.3 is 0 Å². The lowest BCUT2D eigenvalue weighted by Crippen LogP contribution is -2.30. The zero-order valence-corrected chi connectivity index (χ0v) is 12.1. The third-order valence-corrected chi connectivity index (χ3v) is 4.68. The molecule has 1 aromatic carbocycles. The van der Waals surface area contributed by atoms with Gasteiger partial charge in [0.2, 0.25) is 0 Å². The summed E-state index contributed by atoms with van der Waals surface area (Å²) in [5.74, 6) is 0.868. The lowest BCUT2D eigenvalue weighted by atomic mass is 9.88. The third kappa shape index (κ3) is 2.99. The van der Waals surface area contributed by atoms with E-state index in [-0.39, 0.29) is 18.2 Å². The van der Waals surface area contributed by atoms with Crippen molar-refractivity contribution >= 4 is 0 Å². The van der Waals surface area contributed by atoms with Crippen LogP contribution in [0.3, 0.4) is 0 Å². The molecule has 0 saturated heterocycles. The molecule has 0 spiro atoms. The molecule has 3 rings (SSSR count). The second-order valence-corrected chi connectivity index (χ2v) is 6.22. The zero-order valence-electron chi connectivity index (χ0n) is 12.1. The Morgan fingerprint density at radius 1 is 1.05 bits per heavy atom. The van der Waals surface area contributed by atoms with Crippen LogP contribution in [0.25, 0.3) is 0 Å². The van der Waals surface area contributed by atoms with Gasteiger partial charge in [0.1, 0.15) is 11.9 Å². The summed E-state index contributed by atoms with van der Waals surface area (Å²) in [5, 5.41) is 10.2. The summed E-state index contributed by atoms with van der Waals surface area (Å²) in [6.07, 6.45) is 8.22. The molecule has 0 aliphatic heterocycles. The van der Waals surface area contributed by atoms with Crippen LogP contribution in [-0.2, 0) is 6.42 Å². The summed E-state index contributed by atoms with van der Waals surface area (Å²) < 4.78 is 6.06. The Kier molecular flexibility index (Phi) is 4.27.